The molecule has 4 N–H and O–H groups in total. The molecule has 0 radical (unpaired) electrons. The molecule has 2 atom stereocenters. The first-order valence-electron chi connectivity index (χ1n) is 10.3. The first kappa shape index (κ1) is 20.8. The van der Waals surface area contributed by atoms with Crippen LogP contribution in [0.3, 0.4) is 0 Å². The summed E-state index contributed by atoms with van der Waals surface area (Å²) in [7, 11) is 0. The summed E-state index contributed by atoms with van der Waals surface area (Å²) in [5.41, 5.74) is 7.71. The minimum Gasteiger partial charge on any atom is -0.379 e. The zero-order chi connectivity index (χ0) is 19.8. The van der Waals surface area contributed by atoms with Crippen LogP contribution in [0.1, 0.15) is 37.7 Å². The number of nitrogens with two attached hydrogens (primary N) is 1. The van der Waals surface area contributed by atoms with Crippen LogP contribution in [0.4, 0.5) is 5.69 Å². The fourth-order valence-electron chi connectivity index (χ4n) is 3.87. The third-order valence-electron chi connectivity index (χ3n) is 5.52. The quantitative estimate of drug-likeness (QED) is 0.657. The maximum Gasteiger partial charge on any atom is 0.225 e. The number of nitrogens with one attached hydrogen (secondary N) is 2. The summed E-state index contributed by atoms with van der Waals surface area (Å²) in [5, 5.41) is 5.96. The Labute approximate surface area is 167 Å². The molecule has 7 nitrogen and oxygen atoms in total. The summed E-state index contributed by atoms with van der Waals surface area (Å²) < 4.78 is 5.32. The van der Waals surface area contributed by atoms with Crippen LogP contribution in [0.15, 0.2) is 24.3 Å². The minimum absolute atomic E-state index is 0.00358. The molecule has 1 aliphatic carbocycles. The van der Waals surface area contributed by atoms with Crippen LogP contribution in [0.2, 0.25) is 0 Å². The van der Waals surface area contributed by atoms with Crippen LogP contribution in [-0.4, -0.2) is 55.6 Å². The third kappa shape index (κ3) is 6.58. The number of amides is 2. The van der Waals surface area contributed by atoms with Crippen LogP contribution in [0, 0.1) is 5.92 Å². The van der Waals surface area contributed by atoms with Gasteiger partial charge < -0.3 is 21.1 Å². The Bertz CT molecular complexity index is 661. The van der Waals surface area contributed by atoms with Crippen molar-refractivity contribution in [1.29, 1.82) is 0 Å². The highest BCUT2D eigenvalue weighted by Gasteiger charge is 2.25. The fraction of sp³-hybridized carbons (Fsp3) is 0.619. The molecule has 1 saturated heterocycles. The molecule has 1 aromatic carbocycles. The summed E-state index contributed by atoms with van der Waals surface area (Å²) in [4.78, 5) is 26.8. The Morgan fingerprint density at radius 2 is 2.04 bits per heavy atom. The summed E-state index contributed by atoms with van der Waals surface area (Å²) in [6.07, 6.45) is 4.18. The smallest absolute Gasteiger partial charge is 0.225 e. The Kier molecular flexibility index (Phi) is 7.82. The standard InChI is InChI=1S/C21H32N4O3/c22-18-5-2-4-17(14-18)21(27)23-15-16-3-1-6-19(13-16)24-20(26)7-8-25-9-11-28-12-10-25/h1,3,6,13,17-18H,2,4-5,7-12,14-15,22H2,(H,23,27)(H,24,26). The monoisotopic (exact) mass is 388 g/mol. The third-order valence-corrected chi connectivity index (χ3v) is 5.52. The Morgan fingerprint density at radius 3 is 2.82 bits per heavy atom. The molecule has 28 heavy (non-hydrogen) atoms. The predicted octanol–water partition coefficient (Wildman–Crippen LogP) is 1.48. The van der Waals surface area contributed by atoms with Gasteiger partial charge >= 0.3 is 0 Å². The SMILES string of the molecule is NC1CCCC(C(=O)NCc2cccc(NC(=O)CCN3CCOCC3)c2)C1. The average Bonchev–Trinajstić information content (AvgIpc) is 2.71. The van der Waals surface area contributed by atoms with Gasteiger partial charge in [0.15, 0.2) is 0 Å². The van der Waals surface area contributed by atoms with Gasteiger partial charge in [-0.2, -0.15) is 0 Å². The van der Waals surface area contributed by atoms with Crippen molar-refractivity contribution >= 4 is 17.5 Å². The molecule has 3 rings (SSSR count). The maximum absolute atomic E-state index is 12.4. The van der Waals surface area contributed by atoms with Gasteiger partial charge in [-0.05, 0) is 37.0 Å². The molecule has 0 aromatic heterocycles. The number of carbonyl (C=O) groups is 2. The maximum atomic E-state index is 12.4. The molecule has 2 unspecified atom stereocenters. The van der Waals surface area contributed by atoms with Crippen LogP contribution >= 0.6 is 0 Å². The van der Waals surface area contributed by atoms with E-state index < -0.39 is 0 Å². The van der Waals surface area contributed by atoms with Gasteiger partial charge in [0, 0.05) is 50.2 Å². The lowest BCUT2D eigenvalue weighted by Gasteiger charge is -2.26. The van der Waals surface area contributed by atoms with E-state index in [0.717, 1.165) is 69.8 Å². The zero-order valence-electron chi connectivity index (χ0n) is 16.5. The molecular formula is C21H32N4O3. The second kappa shape index (κ2) is 10.5. The largest absolute Gasteiger partial charge is 0.379 e. The van der Waals surface area contributed by atoms with E-state index in [1.165, 1.54) is 0 Å². The molecule has 2 aliphatic rings. The van der Waals surface area contributed by atoms with E-state index in [1.54, 1.807) is 0 Å². The van der Waals surface area contributed by atoms with Crippen molar-refractivity contribution in [3.8, 4) is 0 Å². The van der Waals surface area contributed by atoms with E-state index in [-0.39, 0.29) is 23.8 Å². The lowest BCUT2D eigenvalue weighted by Crippen LogP contribution is -2.38. The van der Waals surface area contributed by atoms with Crippen molar-refractivity contribution in [2.75, 3.05) is 38.2 Å². The van der Waals surface area contributed by atoms with Crippen molar-refractivity contribution in [3.05, 3.63) is 29.8 Å². The Balaban J connectivity index is 1.42. The topological polar surface area (TPSA) is 96.7 Å². The van der Waals surface area contributed by atoms with Gasteiger partial charge in [-0.15, -0.1) is 0 Å². The Morgan fingerprint density at radius 1 is 1.21 bits per heavy atom. The molecule has 1 aromatic rings. The van der Waals surface area contributed by atoms with Gasteiger partial charge in [-0.1, -0.05) is 18.6 Å². The number of ether oxygens (including phenoxy) is 1. The lowest BCUT2D eigenvalue weighted by molar-refractivity contribution is -0.126. The molecular weight excluding hydrogens is 356 g/mol. The molecule has 2 amide bonds. The molecule has 1 saturated carbocycles. The summed E-state index contributed by atoms with van der Waals surface area (Å²) in [6.45, 7) is 4.45. The first-order valence-corrected chi connectivity index (χ1v) is 10.3. The second-order valence-electron chi connectivity index (χ2n) is 7.79. The van der Waals surface area contributed by atoms with Crippen molar-refractivity contribution < 1.29 is 14.3 Å². The summed E-state index contributed by atoms with van der Waals surface area (Å²) in [6, 6.07) is 7.78. The summed E-state index contributed by atoms with van der Waals surface area (Å²) >= 11 is 0. The number of hydrogen-bond donors (Lipinski definition) is 3. The molecule has 0 spiro atoms. The molecule has 2 fully saturated rings. The molecule has 7 heteroatoms. The zero-order valence-corrected chi connectivity index (χ0v) is 16.5. The highest BCUT2D eigenvalue weighted by atomic mass is 16.5. The number of nitrogens with zero attached hydrogens (tertiary/aromatic N) is 1. The van der Waals surface area contributed by atoms with Crippen LogP contribution < -0.4 is 16.4 Å². The van der Waals surface area contributed by atoms with E-state index in [0.29, 0.717) is 13.0 Å². The Hall–Kier alpha value is -1.96. The number of anilines is 1. The van der Waals surface area contributed by atoms with E-state index in [9.17, 15) is 9.59 Å². The molecule has 1 heterocycles. The van der Waals surface area contributed by atoms with Gasteiger partial charge in [0.2, 0.25) is 11.8 Å². The first-order chi connectivity index (χ1) is 13.6. The second-order valence-corrected chi connectivity index (χ2v) is 7.79. The highest BCUT2D eigenvalue weighted by Crippen LogP contribution is 2.23. The van der Waals surface area contributed by atoms with Gasteiger partial charge in [0.05, 0.1) is 13.2 Å². The van der Waals surface area contributed by atoms with Crippen molar-refractivity contribution in [2.45, 2.75) is 44.7 Å². The predicted molar refractivity (Wildman–Crippen MR) is 109 cm³/mol. The van der Waals surface area contributed by atoms with Crippen molar-refractivity contribution in [2.24, 2.45) is 11.7 Å². The number of morpholine rings is 1. The normalized spacial score (nSPS) is 23.2. The van der Waals surface area contributed by atoms with E-state index in [4.69, 9.17) is 10.5 Å². The molecule has 0 bridgehead atoms. The number of benzene rings is 1. The number of carbonyl (C=O) groups excluding carboxylic acids is 2. The number of hydrogen-bond acceptors (Lipinski definition) is 5. The fourth-order valence-corrected chi connectivity index (χ4v) is 3.87. The van der Waals surface area contributed by atoms with Gasteiger partial charge in [0.1, 0.15) is 0 Å². The van der Waals surface area contributed by atoms with Gasteiger partial charge in [-0.25, -0.2) is 0 Å². The minimum atomic E-state index is 0.00358. The van der Waals surface area contributed by atoms with Crippen LogP contribution in [0.25, 0.3) is 0 Å². The average molecular weight is 389 g/mol. The summed E-state index contributed by atoms with van der Waals surface area (Å²) in [5.74, 6) is 0.103. The molecule has 1 aliphatic heterocycles. The number of rotatable bonds is 7. The van der Waals surface area contributed by atoms with Gasteiger partial charge in [0.25, 0.3) is 0 Å². The van der Waals surface area contributed by atoms with E-state index >= 15 is 0 Å². The van der Waals surface area contributed by atoms with Crippen molar-refractivity contribution in [3.63, 3.8) is 0 Å². The van der Waals surface area contributed by atoms with Crippen molar-refractivity contribution in [1.82, 2.24) is 10.2 Å². The van der Waals surface area contributed by atoms with Crippen LogP contribution in [0.5, 0.6) is 0 Å². The van der Waals surface area contributed by atoms with Gasteiger partial charge in [-0.3, -0.25) is 14.5 Å². The highest BCUT2D eigenvalue weighted by molar-refractivity contribution is 5.90. The van der Waals surface area contributed by atoms with E-state index in [2.05, 4.69) is 15.5 Å². The van der Waals surface area contributed by atoms with Crippen LogP contribution in [-0.2, 0) is 20.9 Å². The lowest BCUT2D eigenvalue weighted by atomic mass is 9.85. The molecule has 154 valence electrons. The van der Waals surface area contributed by atoms with E-state index in [1.807, 2.05) is 24.3 Å².